The minimum atomic E-state index is -0.0163. The molecule has 2 heterocycles. The highest BCUT2D eigenvalue weighted by molar-refractivity contribution is 5.97. The Balaban J connectivity index is 2.38. The fraction of sp³-hybridized carbons (Fsp3) is 0.250. The van der Waals surface area contributed by atoms with Gasteiger partial charge in [-0.1, -0.05) is 0 Å². The van der Waals surface area contributed by atoms with Gasteiger partial charge in [-0.2, -0.15) is 10.1 Å². The van der Waals surface area contributed by atoms with E-state index in [1.165, 1.54) is 17.0 Å². The fourth-order valence-corrected chi connectivity index (χ4v) is 1.13. The van der Waals surface area contributed by atoms with Gasteiger partial charge in [0.25, 0.3) is 5.78 Å². The Morgan fingerprint density at radius 1 is 1.57 bits per heavy atom. The van der Waals surface area contributed by atoms with Crippen LogP contribution in [0.5, 0.6) is 0 Å². The molecule has 0 spiro atoms. The number of Topliss-reactive ketones (excluding diaryl/α,β-unsaturated/α-hetero) is 1. The van der Waals surface area contributed by atoms with Crippen molar-refractivity contribution >= 4 is 11.6 Å². The molecule has 14 heavy (non-hydrogen) atoms. The number of nitrogens with zero attached hydrogens (tertiary/aromatic N) is 4. The maximum absolute atomic E-state index is 11.4. The van der Waals surface area contributed by atoms with E-state index in [1.54, 1.807) is 13.2 Å². The number of carbonyl (C=O) groups excluding carboxylic acids is 1. The van der Waals surface area contributed by atoms with Crippen LogP contribution in [-0.2, 0) is 0 Å². The minimum Gasteiger partial charge on any atom is -0.313 e. The Morgan fingerprint density at radius 2 is 2.43 bits per heavy atom. The maximum atomic E-state index is 11.4. The van der Waals surface area contributed by atoms with Crippen LogP contribution in [0.1, 0.15) is 10.4 Å². The molecule has 6 nitrogen and oxygen atoms in total. The van der Waals surface area contributed by atoms with E-state index in [9.17, 15) is 4.79 Å². The van der Waals surface area contributed by atoms with Gasteiger partial charge in [-0.3, -0.25) is 4.79 Å². The van der Waals surface area contributed by atoms with Crippen LogP contribution in [0.4, 0.5) is 0 Å². The summed E-state index contributed by atoms with van der Waals surface area (Å²) in [6, 6.07) is 0. The lowest BCUT2D eigenvalue weighted by molar-refractivity contribution is 0.0992. The smallest absolute Gasteiger partial charge is 0.252 e. The molecule has 0 unspecified atom stereocenters. The molecule has 0 radical (unpaired) electrons. The second-order valence-electron chi connectivity index (χ2n) is 2.80. The number of likely N-dealkylation sites (N-methyl/N-ethyl adjacent to an activating group) is 1. The van der Waals surface area contributed by atoms with Crippen molar-refractivity contribution in [2.24, 2.45) is 0 Å². The van der Waals surface area contributed by atoms with Crippen LogP contribution in [-0.4, -0.2) is 39.0 Å². The van der Waals surface area contributed by atoms with Crippen LogP contribution in [0.15, 0.2) is 18.7 Å². The van der Waals surface area contributed by atoms with Crippen molar-refractivity contribution in [3.8, 4) is 0 Å². The lowest BCUT2D eigenvalue weighted by Gasteiger charge is -1.98. The van der Waals surface area contributed by atoms with Crippen molar-refractivity contribution in [3.63, 3.8) is 0 Å². The Kier molecular flexibility index (Phi) is 2.19. The average molecular weight is 191 g/mol. The zero-order valence-electron chi connectivity index (χ0n) is 7.64. The topological polar surface area (TPSA) is 72.2 Å². The minimum absolute atomic E-state index is 0.0163. The van der Waals surface area contributed by atoms with E-state index in [4.69, 9.17) is 0 Å². The number of rotatable bonds is 3. The number of aromatic nitrogens is 4. The third-order valence-electron chi connectivity index (χ3n) is 1.79. The molecule has 0 bridgehead atoms. The van der Waals surface area contributed by atoms with Crippen molar-refractivity contribution in [3.05, 3.63) is 24.3 Å². The third kappa shape index (κ3) is 1.47. The molecular weight excluding hydrogens is 182 g/mol. The monoisotopic (exact) mass is 191 g/mol. The van der Waals surface area contributed by atoms with Crippen LogP contribution < -0.4 is 5.32 Å². The quantitative estimate of drug-likeness (QED) is 0.664. The summed E-state index contributed by atoms with van der Waals surface area (Å²) in [5.41, 5.74) is 0.525. The van der Waals surface area contributed by atoms with Gasteiger partial charge in [0.2, 0.25) is 0 Å². The molecule has 0 aliphatic rings. The number of hydrogen-bond donors (Lipinski definition) is 1. The zero-order valence-corrected chi connectivity index (χ0v) is 7.64. The van der Waals surface area contributed by atoms with E-state index >= 15 is 0 Å². The normalized spacial score (nSPS) is 10.6. The summed E-state index contributed by atoms with van der Waals surface area (Å²) in [5, 5.41) is 6.68. The van der Waals surface area contributed by atoms with Gasteiger partial charge in [0.05, 0.1) is 12.1 Å². The number of nitrogens with one attached hydrogen (secondary N) is 1. The second-order valence-corrected chi connectivity index (χ2v) is 2.80. The molecule has 2 rings (SSSR count). The van der Waals surface area contributed by atoms with Gasteiger partial charge in [0, 0.05) is 12.4 Å². The summed E-state index contributed by atoms with van der Waals surface area (Å²) in [6.07, 6.45) is 4.52. The first-order valence-corrected chi connectivity index (χ1v) is 4.14. The summed E-state index contributed by atoms with van der Waals surface area (Å²) in [4.78, 5) is 19.3. The molecule has 2 aromatic heterocycles. The predicted molar refractivity (Wildman–Crippen MR) is 49.0 cm³/mol. The summed E-state index contributed by atoms with van der Waals surface area (Å²) in [7, 11) is 1.72. The number of ketones is 1. The molecule has 0 aliphatic carbocycles. The molecule has 0 saturated carbocycles. The first-order valence-electron chi connectivity index (χ1n) is 4.14. The number of fused-ring (bicyclic) bond motifs is 1. The SMILES string of the molecule is CNCC(=O)c1cnc2ncnn2c1. The molecule has 0 amide bonds. The van der Waals surface area contributed by atoms with Crippen molar-refractivity contribution in [2.45, 2.75) is 0 Å². The number of hydrogen-bond acceptors (Lipinski definition) is 5. The first kappa shape index (κ1) is 8.76. The molecule has 6 heteroatoms. The summed E-state index contributed by atoms with van der Waals surface area (Å²) >= 11 is 0. The van der Waals surface area contributed by atoms with Gasteiger partial charge in [-0.05, 0) is 7.05 Å². The lowest BCUT2D eigenvalue weighted by Crippen LogP contribution is -2.19. The van der Waals surface area contributed by atoms with Gasteiger partial charge >= 0.3 is 0 Å². The van der Waals surface area contributed by atoms with Crippen LogP contribution in [0.3, 0.4) is 0 Å². The van der Waals surface area contributed by atoms with Crippen LogP contribution in [0, 0.1) is 0 Å². The van der Waals surface area contributed by atoms with Crippen LogP contribution in [0.2, 0.25) is 0 Å². The molecule has 0 aliphatic heterocycles. The van der Waals surface area contributed by atoms with Crippen LogP contribution in [0.25, 0.3) is 5.78 Å². The fourth-order valence-electron chi connectivity index (χ4n) is 1.13. The Hall–Kier alpha value is -1.82. The van der Waals surface area contributed by atoms with Crippen molar-refractivity contribution in [2.75, 3.05) is 13.6 Å². The predicted octanol–water partition coefficient (Wildman–Crippen LogP) is -0.474. The van der Waals surface area contributed by atoms with E-state index in [2.05, 4.69) is 20.4 Å². The van der Waals surface area contributed by atoms with Gasteiger partial charge in [-0.25, -0.2) is 9.50 Å². The number of carbonyl (C=O) groups is 1. The summed E-state index contributed by atoms with van der Waals surface area (Å²) in [6.45, 7) is 0.294. The summed E-state index contributed by atoms with van der Waals surface area (Å²) in [5.74, 6) is 0.475. The lowest BCUT2D eigenvalue weighted by atomic mass is 10.2. The molecule has 0 atom stereocenters. The molecule has 0 saturated heterocycles. The van der Waals surface area contributed by atoms with Crippen molar-refractivity contribution in [1.82, 2.24) is 24.9 Å². The van der Waals surface area contributed by atoms with Gasteiger partial charge < -0.3 is 5.32 Å². The van der Waals surface area contributed by atoms with Crippen molar-refractivity contribution in [1.29, 1.82) is 0 Å². The molecule has 0 fully saturated rings. The Morgan fingerprint density at radius 3 is 3.21 bits per heavy atom. The Labute approximate surface area is 80.0 Å². The van der Waals surface area contributed by atoms with Gasteiger partial charge in [0.1, 0.15) is 6.33 Å². The highest BCUT2D eigenvalue weighted by Crippen LogP contribution is 1.99. The molecule has 1 N–H and O–H groups in total. The first-order chi connectivity index (χ1) is 6.81. The summed E-state index contributed by atoms with van der Waals surface area (Å²) < 4.78 is 1.48. The molecule has 0 aromatic carbocycles. The van der Waals surface area contributed by atoms with E-state index in [-0.39, 0.29) is 5.78 Å². The van der Waals surface area contributed by atoms with E-state index < -0.39 is 0 Å². The van der Waals surface area contributed by atoms with E-state index in [0.717, 1.165) is 0 Å². The maximum Gasteiger partial charge on any atom is 0.252 e. The van der Waals surface area contributed by atoms with Gasteiger partial charge in [0.15, 0.2) is 5.78 Å². The second kappa shape index (κ2) is 3.51. The largest absolute Gasteiger partial charge is 0.313 e. The van der Waals surface area contributed by atoms with E-state index in [1.807, 2.05) is 0 Å². The standard InChI is InChI=1S/C8H9N5O/c1-9-3-7(14)6-2-10-8-11-5-12-13(8)4-6/h2,4-5,9H,3H2,1H3. The highest BCUT2D eigenvalue weighted by Gasteiger charge is 2.06. The average Bonchev–Trinajstić information content (AvgIpc) is 2.64. The van der Waals surface area contributed by atoms with Crippen LogP contribution >= 0.6 is 0 Å². The molecule has 72 valence electrons. The zero-order chi connectivity index (χ0) is 9.97. The molecule has 2 aromatic rings. The van der Waals surface area contributed by atoms with E-state index in [0.29, 0.717) is 17.9 Å². The highest BCUT2D eigenvalue weighted by atomic mass is 16.1. The molecular formula is C8H9N5O. The Bertz CT molecular complexity index is 463. The van der Waals surface area contributed by atoms with Crippen molar-refractivity contribution < 1.29 is 4.79 Å². The third-order valence-corrected chi connectivity index (χ3v) is 1.79. The van der Waals surface area contributed by atoms with Gasteiger partial charge in [-0.15, -0.1) is 0 Å².